The van der Waals surface area contributed by atoms with Crippen molar-refractivity contribution in [2.75, 3.05) is 5.88 Å². The number of benzene rings is 1. The zero-order valence-corrected chi connectivity index (χ0v) is 9.10. The van der Waals surface area contributed by atoms with Crippen molar-refractivity contribution in [1.29, 1.82) is 0 Å². The van der Waals surface area contributed by atoms with Gasteiger partial charge in [-0.05, 0) is 24.1 Å². The fourth-order valence-corrected chi connectivity index (χ4v) is 1.77. The molecule has 0 bridgehead atoms. The molecule has 0 aromatic heterocycles. The minimum atomic E-state index is -0.918. The molecule has 0 aliphatic rings. The first kappa shape index (κ1) is 10.5. The Kier molecular flexibility index (Phi) is 3.75. The van der Waals surface area contributed by atoms with Gasteiger partial charge in [0.2, 0.25) is 0 Å². The van der Waals surface area contributed by atoms with Crippen LogP contribution in [0.2, 0.25) is 0 Å². The molecule has 0 unspecified atom stereocenters. The second-order valence-corrected chi connectivity index (χ2v) is 3.78. The van der Waals surface area contributed by atoms with Crippen LogP contribution in [0.3, 0.4) is 0 Å². The molecule has 1 rings (SSSR count). The predicted molar refractivity (Wildman–Crippen MR) is 55.5 cm³/mol. The molecule has 0 spiro atoms. The first-order valence-electron chi connectivity index (χ1n) is 3.73. The van der Waals surface area contributed by atoms with E-state index < -0.39 is 5.97 Å². The smallest absolute Gasteiger partial charge is 0.335 e. The minimum Gasteiger partial charge on any atom is -0.478 e. The summed E-state index contributed by atoms with van der Waals surface area (Å²) in [6.45, 7) is 0. The van der Waals surface area contributed by atoms with Crippen LogP contribution in [0.5, 0.6) is 0 Å². The zero-order valence-electron chi connectivity index (χ0n) is 6.76. The van der Waals surface area contributed by atoms with Crippen LogP contribution in [-0.4, -0.2) is 17.0 Å². The van der Waals surface area contributed by atoms with E-state index in [1.54, 1.807) is 18.2 Å². The number of carboxylic acid groups (broad SMARTS) is 1. The molecule has 0 fully saturated rings. The van der Waals surface area contributed by atoms with E-state index in [1.807, 2.05) is 0 Å². The minimum absolute atomic E-state index is 0.283. The molecule has 0 aliphatic heterocycles. The van der Waals surface area contributed by atoms with Crippen molar-refractivity contribution < 1.29 is 9.90 Å². The fraction of sp³-hybridized carbons (Fsp3) is 0.222. The van der Waals surface area contributed by atoms with Gasteiger partial charge < -0.3 is 5.11 Å². The maximum atomic E-state index is 10.6. The van der Waals surface area contributed by atoms with Crippen LogP contribution in [0, 0.1) is 0 Å². The molecule has 2 nitrogen and oxygen atoms in total. The maximum absolute atomic E-state index is 10.6. The largest absolute Gasteiger partial charge is 0.478 e. The van der Waals surface area contributed by atoms with E-state index in [0.717, 1.165) is 16.5 Å². The molecule has 0 atom stereocenters. The second kappa shape index (κ2) is 4.63. The third-order valence-corrected chi connectivity index (χ3v) is 2.59. The summed E-state index contributed by atoms with van der Waals surface area (Å²) in [5.74, 6) is -0.386. The fourth-order valence-electron chi connectivity index (χ4n) is 0.985. The van der Waals surface area contributed by atoms with Crippen molar-refractivity contribution in [3.63, 3.8) is 0 Å². The number of halogens is 2. The van der Waals surface area contributed by atoms with Crippen molar-refractivity contribution >= 4 is 33.5 Å². The standard InChI is InChI=1S/C9H8BrClO2/c10-8-5-7(9(12)13)2-1-6(8)3-4-11/h1-2,5H,3-4H2,(H,12,13). The first-order chi connectivity index (χ1) is 6.15. The molecule has 0 heterocycles. The van der Waals surface area contributed by atoms with Crippen LogP contribution >= 0.6 is 27.5 Å². The topological polar surface area (TPSA) is 37.3 Å². The lowest BCUT2D eigenvalue weighted by Gasteiger charge is -2.02. The summed E-state index contributed by atoms with van der Waals surface area (Å²) in [5.41, 5.74) is 1.31. The van der Waals surface area contributed by atoms with Crippen LogP contribution in [-0.2, 0) is 6.42 Å². The van der Waals surface area contributed by atoms with Gasteiger partial charge in [0, 0.05) is 10.4 Å². The van der Waals surface area contributed by atoms with Crippen molar-refractivity contribution in [2.24, 2.45) is 0 Å². The van der Waals surface area contributed by atoms with E-state index in [4.69, 9.17) is 16.7 Å². The monoisotopic (exact) mass is 262 g/mol. The summed E-state index contributed by atoms with van der Waals surface area (Å²) < 4.78 is 0.799. The Morgan fingerprint density at radius 3 is 2.69 bits per heavy atom. The highest BCUT2D eigenvalue weighted by Gasteiger charge is 2.05. The maximum Gasteiger partial charge on any atom is 0.335 e. The number of aromatic carboxylic acids is 1. The Balaban J connectivity index is 2.98. The molecular weight excluding hydrogens is 255 g/mol. The van der Waals surface area contributed by atoms with E-state index in [1.165, 1.54) is 0 Å². The van der Waals surface area contributed by atoms with Gasteiger partial charge in [-0.25, -0.2) is 4.79 Å². The van der Waals surface area contributed by atoms with Gasteiger partial charge in [-0.2, -0.15) is 0 Å². The number of aryl methyl sites for hydroxylation is 1. The van der Waals surface area contributed by atoms with Crippen molar-refractivity contribution in [2.45, 2.75) is 6.42 Å². The number of hydrogen-bond acceptors (Lipinski definition) is 1. The summed E-state index contributed by atoms with van der Waals surface area (Å²) in [7, 11) is 0. The SMILES string of the molecule is O=C(O)c1ccc(CCCl)c(Br)c1. The Morgan fingerprint density at radius 1 is 1.54 bits per heavy atom. The van der Waals surface area contributed by atoms with E-state index in [2.05, 4.69) is 15.9 Å². The molecule has 0 radical (unpaired) electrons. The number of alkyl halides is 1. The Bertz CT molecular complexity index is 325. The van der Waals surface area contributed by atoms with Crippen molar-refractivity contribution in [3.05, 3.63) is 33.8 Å². The van der Waals surface area contributed by atoms with Crippen LogP contribution in [0.15, 0.2) is 22.7 Å². The molecule has 0 saturated heterocycles. The van der Waals surface area contributed by atoms with E-state index in [0.29, 0.717) is 5.88 Å². The third-order valence-electron chi connectivity index (χ3n) is 1.66. The van der Waals surface area contributed by atoms with Gasteiger partial charge in [0.15, 0.2) is 0 Å². The van der Waals surface area contributed by atoms with Crippen molar-refractivity contribution in [3.8, 4) is 0 Å². The summed E-state index contributed by atoms with van der Waals surface area (Å²) in [6, 6.07) is 4.94. The zero-order chi connectivity index (χ0) is 9.84. The second-order valence-electron chi connectivity index (χ2n) is 2.55. The molecule has 0 amide bonds. The molecule has 0 saturated carbocycles. The number of rotatable bonds is 3. The summed E-state index contributed by atoms with van der Waals surface area (Å²) in [4.78, 5) is 10.6. The van der Waals surface area contributed by atoms with Gasteiger partial charge in [0.05, 0.1) is 5.56 Å². The van der Waals surface area contributed by atoms with Gasteiger partial charge in [-0.3, -0.25) is 0 Å². The van der Waals surface area contributed by atoms with E-state index in [-0.39, 0.29) is 5.56 Å². The van der Waals surface area contributed by atoms with Gasteiger partial charge >= 0.3 is 5.97 Å². The average molecular weight is 264 g/mol. The predicted octanol–water partition coefficient (Wildman–Crippen LogP) is 2.93. The highest BCUT2D eigenvalue weighted by atomic mass is 79.9. The summed E-state index contributed by atoms with van der Waals surface area (Å²) in [6.07, 6.45) is 0.738. The van der Waals surface area contributed by atoms with Crippen LogP contribution in [0.4, 0.5) is 0 Å². The lowest BCUT2D eigenvalue weighted by Crippen LogP contribution is -1.97. The van der Waals surface area contributed by atoms with Crippen LogP contribution in [0.1, 0.15) is 15.9 Å². The molecule has 0 aliphatic carbocycles. The summed E-state index contributed by atoms with van der Waals surface area (Å²) >= 11 is 8.87. The number of carboxylic acids is 1. The molecule has 13 heavy (non-hydrogen) atoms. The molecule has 70 valence electrons. The van der Waals surface area contributed by atoms with Crippen LogP contribution < -0.4 is 0 Å². The molecule has 1 aromatic carbocycles. The van der Waals surface area contributed by atoms with Gasteiger partial charge in [-0.15, -0.1) is 11.6 Å². The van der Waals surface area contributed by atoms with Crippen molar-refractivity contribution in [1.82, 2.24) is 0 Å². The average Bonchev–Trinajstić information content (AvgIpc) is 2.08. The highest BCUT2D eigenvalue weighted by molar-refractivity contribution is 9.10. The summed E-state index contributed by atoms with van der Waals surface area (Å²) in [5, 5.41) is 8.68. The van der Waals surface area contributed by atoms with Crippen LogP contribution in [0.25, 0.3) is 0 Å². The van der Waals surface area contributed by atoms with Gasteiger partial charge in [-0.1, -0.05) is 22.0 Å². The molecule has 1 N–H and O–H groups in total. The lowest BCUT2D eigenvalue weighted by atomic mass is 10.1. The Hall–Kier alpha value is -0.540. The Morgan fingerprint density at radius 2 is 2.23 bits per heavy atom. The number of carbonyl (C=O) groups is 1. The van der Waals surface area contributed by atoms with Gasteiger partial charge in [0.1, 0.15) is 0 Å². The van der Waals surface area contributed by atoms with E-state index >= 15 is 0 Å². The first-order valence-corrected chi connectivity index (χ1v) is 5.05. The third kappa shape index (κ3) is 2.71. The quantitative estimate of drug-likeness (QED) is 0.852. The lowest BCUT2D eigenvalue weighted by molar-refractivity contribution is 0.0697. The molecular formula is C9H8BrClO2. The van der Waals surface area contributed by atoms with E-state index in [9.17, 15) is 4.79 Å². The molecule has 1 aromatic rings. The Labute approximate surface area is 89.7 Å². The number of hydrogen-bond donors (Lipinski definition) is 1. The molecule has 4 heteroatoms. The highest BCUT2D eigenvalue weighted by Crippen LogP contribution is 2.19. The van der Waals surface area contributed by atoms with Gasteiger partial charge in [0.25, 0.3) is 0 Å². The normalized spacial score (nSPS) is 10.0.